The number of carbonyl (C=O) groups is 1. The van der Waals surface area contributed by atoms with Gasteiger partial charge in [0.05, 0.1) is 24.0 Å². The molecule has 2 saturated heterocycles. The van der Waals surface area contributed by atoms with Crippen LogP contribution in [-0.2, 0) is 21.1 Å². The Hall–Kier alpha value is -1.83. The number of amidine groups is 1. The topological polar surface area (TPSA) is 66.8 Å². The van der Waals surface area contributed by atoms with Crippen molar-refractivity contribution < 1.29 is 13.2 Å². The Morgan fingerprint density at radius 2 is 1.87 bits per heavy atom. The van der Waals surface area contributed by atoms with Gasteiger partial charge in [-0.15, -0.1) is 0 Å². The number of rotatable bonds is 4. The molecule has 0 N–H and O–H groups in total. The summed E-state index contributed by atoms with van der Waals surface area (Å²) in [6.07, 6.45) is 0.175. The molecule has 8 heteroatoms. The van der Waals surface area contributed by atoms with E-state index in [1.54, 1.807) is 12.1 Å². The normalized spacial score (nSPS) is 23.9. The standard InChI is InChI=1S/C22H23ClN2O3S2/c1-14(2)17-5-3-4-6-18(17)25-19-12-30(27,28)13-20(19)29-22(25)24-21(26)11-15-7-9-16(23)10-8-15/h3-10,14,19-20H,11-13H2,1-2H3/t19-,20+/m0/s1. The zero-order valence-electron chi connectivity index (χ0n) is 16.8. The zero-order valence-corrected chi connectivity index (χ0v) is 19.2. The molecule has 2 heterocycles. The molecule has 0 aromatic heterocycles. The van der Waals surface area contributed by atoms with Gasteiger partial charge >= 0.3 is 0 Å². The van der Waals surface area contributed by atoms with E-state index >= 15 is 0 Å². The number of aliphatic imine (C=N–C) groups is 1. The minimum Gasteiger partial charge on any atom is -0.315 e. The number of sulfone groups is 1. The van der Waals surface area contributed by atoms with Crippen molar-refractivity contribution in [3.63, 3.8) is 0 Å². The lowest BCUT2D eigenvalue weighted by molar-refractivity contribution is -0.117. The lowest BCUT2D eigenvalue weighted by atomic mass is 9.99. The summed E-state index contributed by atoms with van der Waals surface area (Å²) >= 11 is 7.32. The van der Waals surface area contributed by atoms with Crippen LogP contribution in [0.3, 0.4) is 0 Å². The molecule has 2 aromatic carbocycles. The predicted octanol–water partition coefficient (Wildman–Crippen LogP) is 4.31. The number of benzene rings is 2. The second kappa shape index (κ2) is 8.36. The van der Waals surface area contributed by atoms with Crippen LogP contribution in [0.1, 0.15) is 30.9 Å². The van der Waals surface area contributed by atoms with Crippen LogP contribution >= 0.6 is 23.4 Å². The minimum atomic E-state index is -3.10. The second-order valence-electron chi connectivity index (χ2n) is 7.98. The molecule has 0 spiro atoms. The summed E-state index contributed by atoms with van der Waals surface area (Å²) in [4.78, 5) is 19.1. The van der Waals surface area contributed by atoms with Gasteiger partial charge < -0.3 is 4.90 Å². The molecule has 0 saturated carbocycles. The number of para-hydroxylation sites is 1. The average Bonchev–Trinajstić information content (AvgIpc) is 3.14. The highest BCUT2D eigenvalue weighted by atomic mass is 35.5. The van der Waals surface area contributed by atoms with Gasteiger partial charge in [-0.25, -0.2) is 8.42 Å². The van der Waals surface area contributed by atoms with Crippen molar-refractivity contribution in [3.05, 3.63) is 64.7 Å². The molecular formula is C22H23ClN2O3S2. The Morgan fingerprint density at radius 1 is 1.17 bits per heavy atom. The van der Waals surface area contributed by atoms with Gasteiger partial charge in [-0.1, -0.05) is 67.5 Å². The Bertz CT molecular complexity index is 1100. The molecule has 0 unspecified atom stereocenters. The molecule has 0 aliphatic carbocycles. The highest BCUT2D eigenvalue weighted by molar-refractivity contribution is 8.16. The lowest BCUT2D eigenvalue weighted by Crippen LogP contribution is -2.38. The van der Waals surface area contributed by atoms with E-state index in [-0.39, 0.29) is 41.0 Å². The van der Waals surface area contributed by atoms with Gasteiger partial charge in [0.25, 0.3) is 5.91 Å². The Balaban J connectivity index is 1.69. The first-order valence-corrected chi connectivity index (χ1v) is 12.9. The van der Waals surface area contributed by atoms with Crippen LogP contribution in [0.4, 0.5) is 5.69 Å². The highest BCUT2D eigenvalue weighted by Gasteiger charge is 2.49. The molecule has 4 rings (SSSR count). The first kappa shape index (κ1) is 21.4. The minimum absolute atomic E-state index is 0.0848. The summed E-state index contributed by atoms with van der Waals surface area (Å²) in [6, 6.07) is 14.9. The van der Waals surface area contributed by atoms with Crippen molar-refractivity contribution in [2.45, 2.75) is 37.5 Å². The van der Waals surface area contributed by atoms with Crippen LogP contribution in [0, 0.1) is 0 Å². The van der Waals surface area contributed by atoms with Crippen LogP contribution in [-0.4, -0.2) is 42.3 Å². The average molecular weight is 463 g/mol. The fourth-order valence-corrected chi connectivity index (χ4v) is 8.01. The SMILES string of the molecule is CC(C)c1ccccc1N1C(=NC(=O)Cc2ccc(Cl)cc2)S[C@@H]2CS(=O)(=O)C[C@@H]21. The number of anilines is 1. The third kappa shape index (κ3) is 4.43. The Kier molecular flexibility index (Phi) is 5.97. The highest BCUT2D eigenvalue weighted by Crippen LogP contribution is 2.43. The molecule has 0 bridgehead atoms. The van der Waals surface area contributed by atoms with Gasteiger partial charge in [-0.05, 0) is 35.2 Å². The largest absolute Gasteiger partial charge is 0.315 e. The zero-order chi connectivity index (χ0) is 21.5. The van der Waals surface area contributed by atoms with Crippen molar-refractivity contribution in [3.8, 4) is 0 Å². The van der Waals surface area contributed by atoms with Gasteiger partial charge in [0.15, 0.2) is 15.0 Å². The number of carbonyl (C=O) groups excluding carboxylic acids is 1. The van der Waals surface area contributed by atoms with E-state index < -0.39 is 9.84 Å². The number of fused-ring (bicyclic) bond motifs is 1. The summed E-state index contributed by atoms with van der Waals surface area (Å²) in [6.45, 7) is 4.21. The smallest absolute Gasteiger partial charge is 0.252 e. The van der Waals surface area contributed by atoms with Gasteiger partial charge in [0, 0.05) is 16.0 Å². The molecule has 2 aromatic rings. The molecule has 0 radical (unpaired) electrons. The van der Waals surface area contributed by atoms with Crippen molar-refractivity contribution in [2.75, 3.05) is 16.4 Å². The molecule has 30 heavy (non-hydrogen) atoms. The van der Waals surface area contributed by atoms with Gasteiger partial charge in [0.1, 0.15) is 0 Å². The first-order chi connectivity index (χ1) is 14.2. The Labute approximate surface area is 186 Å². The Morgan fingerprint density at radius 3 is 2.57 bits per heavy atom. The number of thioether (sulfide) groups is 1. The summed E-state index contributed by atoms with van der Waals surface area (Å²) in [5.41, 5.74) is 2.89. The van der Waals surface area contributed by atoms with Crippen LogP contribution < -0.4 is 4.90 Å². The summed E-state index contributed by atoms with van der Waals surface area (Å²) in [5.74, 6) is 0.207. The van der Waals surface area contributed by atoms with Gasteiger partial charge in [-0.3, -0.25) is 4.79 Å². The van der Waals surface area contributed by atoms with Crippen LogP contribution in [0.25, 0.3) is 0 Å². The predicted molar refractivity (Wildman–Crippen MR) is 124 cm³/mol. The van der Waals surface area contributed by atoms with E-state index in [1.165, 1.54) is 11.8 Å². The van der Waals surface area contributed by atoms with Crippen LogP contribution in [0.5, 0.6) is 0 Å². The second-order valence-corrected chi connectivity index (χ2v) is 11.8. The lowest BCUT2D eigenvalue weighted by Gasteiger charge is -2.28. The number of nitrogens with zero attached hydrogens (tertiary/aromatic N) is 2. The maximum absolute atomic E-state index is 12.7. The van der Waals surface area contributed by atoms with Crippen LogP contribution in [0.15, 0.2) is 53.5 Å². The number of halogens is 1. The number of hydrogen-bond acceptors (Lipinski definition) is 4. The third-order valence-corrected chi connectivity index (χ3v) is 8.84. The van der Waals surface area contributed by atoms with E-state index in [4.69, 9.17) is 11.6 Å². The molecule has 5 nitrogen and oxygen atoms in total. The molecule has 2 aliphatic rings. The number of amides is 1. The first-order valence-electron chi connectivity index (χ1n) is 9.85. The number of hydrogen-bond donors (Lipinski definition) is 0. The van der Waals surface area contributed by atoms with E-state index in [0.29, 0.717) is 10.2 Å². The van der Waals surface area contributed by atoms with E-state index in [0.717, 1.165) is 16.8 Å². The van der Waals surface area contributed by atoms with Crippen molar-refractivity contribution in [1.82, 2.24) is 0 Å². The van der Waals surface area contributed by atoms with E-state index in [9.17, 15) is 13.2 Å². The van der Waals surface area contributed by atoms with Gasteiger partial charge in [0.2, 0.25) is 0 Å². The van der Waals surface area contributed by atoms with E-state index in [1.807, 2.05) is 35.2 Å². The van der Waals surface area contributed by atoms with Gasteiger partial charge in [-0.2, -0.15) is 4.99 Å². The summed E-state index contributed by atoms with van der Waals surface area (Å²) in [7, 11) is -3.10. The maximum Gasteiger partial charge on any atom is 0.252 e. The monoisotopic (exact) mass is 462 g/mol. The molecule has 1 amide bonds. The van der Waals surface area contributed by atoms with Crippen molar-refractivity contribution in [2.24, 2.45) is 4.99 Å². The fraction of sp³-hybridized carbons (Fsp3) is 0.364. The summed E-state index contributed by atoms with van der Waals surface area (Å²) in [5, 5.41) is 1.10. The molecule has 2 atom stereocenters. The quantitative estimate of drug-likeness (QED) is 0.677. The third-order valence-electron chi connectivity index (χ3n) is 5.37. The summed E-state index contributed by atoms with van der Waals surface area (Å²) < 4.78 is 24.6. The molecular weight excluding hydrogens is 440 g/mol. The molecule has 158 valence electrons. The van der Waals surface area contributed by atoms with Crippen molar-refractivity contribution >= 4 is 50.0 Å². The van der Waals surface area contributed by atoms with E-state index in [2.05, 4.69) is 24.9 Å². The van der Waals surface area contributed by atoms with Crippen molar-refractivity contribution in [1.29, 1.82) is 0 Å². The van der Waals surface area contributed by atoms with Crippen LogP contribution in [0.2, 0.25) is 5.02 Å². The maximum atomic E-state index is 12.7. The molecule has 2 fully saturated rings. The molecule has 2 aliphatic heterocycles. The fourth-order valence-electron chi connectivity index (χ4n) is 3.96.